The third kappa shape index (κ3) is 3.95. The third-order valence-electron chi connectivity index (χ3n) is 4.18. The highest BCUT2D eigenvalue weighted by Crippen LogP contribution is 2.21. The Morgan fingerprint density at radius 3 is 2.79 bits per heavy atom. The van der Waals surface area contributed by atoms with Crippen LogP contribution in [-0.4, -0.2) is 37.2 Å². The van der Waals surface area contributed by atoms with Gasteiger partial charge in [-0.1, -0.05) is 26.0 Å². The van der Waals surface area contributed by atoms with Crippen LogP contribution in [0.2, 0.25) is 0 Å². The Morgan fingerprint density at radius 1 is 1.37 bits per heavy atom. The zero-order valence-electron chi connectivity index (χ0n) is 12.1. The predicted octanol–water partition coefficient (Wildman–Crippen LogP) is 2.87. The molecule has 0 spiro atoms. The van der Waals surface area contributed by atoms with E-state index in [9.17, 15) is 0 Å². The summed E-state index contributed by atoms with van der Waals surface area (Å²) in [6.07, 6.45) is 2.37. The first-order chi connectivity index (χ1) is 9.20. The zero-order chi connectivity index (χ0) is 13.7. The maximum absolute atomic E-state index is 5.73. The first-order valence-electron chi connectivity index (χ1n) is 7.38. The molecule has 106 valence electrons. The number of hydrogen-bond acceptors (Lipinski definition) is 3. The van der Waals surface area contributed by atoms with Crippen molar-refractivity contribution in [2.75, 3.05) is 32.0 Å². The van der Waals surface area contributed by atoms with Crippen LogP contribution in [0.15, 0.2) is 24.3 Å². The van der Waals surface area contributed by atoms with Gasteiger partial charge in [-0.25, -0.2) is 0 Å². The Morgan fingerprint density at radius 2 is 2.11 bits per heavy atom. The minimum absolute atomic E-state index is 0.584. The van der Waals surface area contributed by atoms with Crippen molar-refractivity contribution in [1.29, 1.82) is 0 Å². The molecule has 0 radical (unpaired) electrons. The summed E-state index contributed by atoms with van der Waals surface area (Å²) >= 11 is 0. The van der Waals surface area contributed by atoms with Gasteiger partial charge < -0.3 is 10.5 Å². The monoisotopic (exact) mass is 262 g/mol. The molecule has 1 saturated heterocycles. The average Bonchev–Trinajstić information content (AvgIpc) is 2.45. The van der Waals surface area contributed by atoms with Crippen LogP contribution < -0.4 is 5.73 Å². The Bertz CT molecular complexity index is 377. The molecular weight excluding hydrogens is 236 g/mol. The van der Waals surface area contributed by atoms with Gasteiger partial charge in [-0.2, -0.15) is 0 Å². The van der Waals surface area contributed by atoms with E-state index in [2.05, 4.69) is 30.9 Å². The summed E-state index contributed by atoms with van der Waals surface area (Å²) in [6, 6.07) is 8.89. The highest BCUT2D eigenvalue weighted by molar-refractivity contribution is 5.40. The van der Waals surface area contributed by atoms with Crippen LogP contribution in [0.1, 0.15) is 38.2 Å². The molecule has 2 unspecified atom stereocenters. The van der Waals surface area contributed by atoms with E-state index in [4.69, 9.17) is 10.5 Å². The van der Waals surface area contributed by atoms with Crippen LogP contribution in [0.25, 0.3) is 0 Å². The second-order valence-electron chi connectivity index (χ2n) is 5.53. The van der Waals surface area contributed by atoms with Gasteiger partial charge in [-0.3, -0.25) is 4.90 Å². The second-order valence-corrected chi connectivity index (χ2v) is 5.53. The van der Waals surface area contributed by atoms with Crippen LogP contribution in [0.3, 0.4) is 0 Å². The summed E-state index contributed by atoms with van der Waals surface area (Å²) in [7, 11) is 0. The predicted molar refractivity (Wildman–Crippen MR) is 80.4 cm³/mol. The van der Waals surface area contributed by atoms with Gasteiger partial charge in [0.15, 0.2) is 0 Å². The maximum atomic E-state index is 5.73. The number of anilines is 1. The minimum atomic E-state index is 0.584. The summed E-state index contributed by atoms with van der Waals surface area (Å²) < 4.78 is 5.55. The number of benzene rings is 1. The lowest BCUT2D eigenvalue weighted by molar-refractivity contribution is -0.00953. The molecule has 1 aromatic rings. The number of morpholine rings is 1. The normalized spacial score (nSPS) is 22.3. The molecule has 2 rings (SSSR count). The Labute approximate surface area is 116 Å². The highest BCUT2D eigenvalue weighted by atomic mass is 16.5. The molecule has 1 aromatic carbocycles. The molecule has 0 aromatic heterocycles. The van der Waals surface area contributed by atoms with Crippen molar-refractivity contribution in [3.8, 4) is 0 Å². The van der Waals surface area contributed by atoms with Crippen molar-refractivity contribution in [3.63, 3.8) is 0 Å². The average molecular weight is 262 g/mol. The summed E-state index contributed by atoms with van der Waals surface area (Å²) in [4.78, 5) is 2.58. The van der Waals surface area contributed by atoms with E-state index >= 15 is 0 Å². The zero-order valence-corrected chi connectivity index (χ0v) is 12.1. The molecule has 1 aliphatic heterocycles. The molecule has 1 heterocycles. The standard InChI is InChI=1S/C16H26N2O/c1-3-16-12-19-11-10-18(16)9-8-13(2)14-4-6-15(17)7-5-14/h4-7,13,16H,3,8-12,17H2,1-2H3. The van der Waals surface area contributed by atoms with Crippen molar-refractivity contribution in [3.05, 3.63) is 29.8 Å². The van der Waals surface area contributed by atoms with Crippen LogP contribution in [0.5, 0.6) is 0 Å². The number of nitrogens with zero attached hydrogens (tertiary/aromatic N) is 1. The smallest absolute Gasteiger partial charge is 0.0622 e. The number of hydrogen-bond donors (Lipinski definition) is 1. The van der Waals surface area contributed by atoms with Gasteiger partial charge in [0.05, 0.1) is 13.2 Å². The molecule has 3 nitrogen and oxygen atoms in total. The summed E-state index contributed by atoms with van der Waals surface area (Å²) in [6.45, 7) is 8.56. The molecule has 1 fully saturated rings. The van der Waals surface area contributed by atoms with E-state index < -0.39 is 0 Å². The van der Waals surface area contributed by atoms with Gasteiger partial charge in [-0.05, 0) is 43.0 Å². The quantitative estimate of drug-likeness (QED) is 0.829. The van der Waals surface area contributed by atoms with Gasteiger partial charge >= 0.3 is 0 Å². The van der Waals surface area contributed by atoms with Crippen LogP contribution >= 0.6 is 0 Å². The Balaban J connectivity index is 1.85. The molecule has 0 saturated carbocycles. The minimum Gasteiger partial charge on any atom is -0.399 e. The fraction of sp³-hybridized carbons (Fsp3) is 0.625. The molecular formula is C16H26N2O. The van der Waals surface area contributed by atoms with Gasteiger partial charge in [0.25, 0.3) is 0 Å². The van der Waals surface area contributed by atoms with Crippen molar-refractivity contribution in [2.24, 2.45) is 0 Å². The molecule has 19 heavy (non-hydrogen) atoms. The number of ether oxygens (including phenoxy) is 1. The van der Waals surface area contributed by atoms with E-state index in [-0.39, 0.29) is 0 Å². The maximum Gasteiger partial charge on any atom is 0.0622 e. The SMILES string of the molecule is CCC1COCCN1CCC(C)c1ccc(N)cc1. The van der Waals surface area contributed by atoms with Crippen molar-refractivity contribution < 1.29 is 4.74 Å². The lowest BCUT2D eigenvalue weighted by atomic mass is 9.97. The van der Waals surface area contributed by atoms with E-state index in [1.54, 1.807) is 0 Å². The van der Waals surface area contributed by atoms with Gasteiger partial charge in [0, 0.05) is 18.3 Å². The molecule has 0 aliphatic carbocycles. The Kier molecular flexibility index (Phi) is 5.23. The topological polar surface area (TPSA) is 38.5 Å². The Hall–Kier alpha value is -1.06. The summed E-state index contributed by atoms with van der Waals surface area (Å²) in [5.74, 6) is 0.584. The first kappa shape index (κ1) is 14.4. The molecule has 2 N–H and O–H groups in total. The summed E-state index contributed by atoms with van der Waals surface area (Å²) in [5.41, 5.74) is 7.96. The third-order valence-corrected chi connectivity index (χ3v) is 4.18. The number of nitrogens with two attached hydrogens (primary N) is 1. The van der Waals surface area contributed by atoms with Crippen LogP contribution in [0, 0.1) is 0 Å². The molecule has 1 aliphatic rings. The summed E-state index contributed by atoms with van der Waals surface area (Å²) in [5, 5.41) is 0. The van der Waals surface area contributed by atoms with Gasteiger partial charge in [-0.15, -0.1) is 0 Å². The van der Waals surface area contributed by atoms with E-state index in [1.807, 2.05) is 12.1 Å². The van der Waals surface area contributed by atoms with Crippen molar-refractivity contribution >= 4 is 5.69 Å². The molecule has 0 amide bonds. The van der Waals surface area contributed by atoms with E-state index in [1.165, 1.54) is 18.4 Å². The number of nitrogen functional groups attached to an aromatic ring is 1. The highest BCUT2D eigenvalue weighted by Gasteiger charge is 2.21. The van der Waals surface area contributed by atoms with Crippen molar-refractivity contribution in [2.45, 2.75) is 38.6 Å². The fourth-order valence-electron chi connectivity index (χ4n) is 2.71. The van der Waals surface area contributed by atoms with Gasteiger partial charge in [0.2, 0.25) is 0 Å². The van der Waals surface area contributed by atoms with E-state index in [0.29, 0.717) is 12.0 Å². The molecule has 0 bridgehead atoms. The first-order valence-corrected chi connectivity index (χ1v) is 7.38. The lowest BCUT2D eigenvalue weighted by Crippen LogP contribution is -2.45. The van der Waals surface area contributed by atoms with Crippen molar-refractivity contribution in [1.82, 2.24) is 4.90 Å². The van der Waals surface area contributed by atoms with Gasteiger partial charge in [0.1, 0.15) is 0 Å². The fourth-order valence-corrected chi connectivity index (χ4v) is 2.71. The number of rotatable bonds is 5. The second kappa shape index (κ2) is 6.92. The van der Waals surface area contributed by atoms with Crippen LogP contribution in [0.4, 0.5) is 5.69 Å². The lowest BCUT2D eigenvalue weighted by Gasteiger charge is -2.35. The van der Waals surface area contributed by atoms with E-state index in [0.717, 1.165) is 32.0 Å². The molecule has 3 heteroatoms. The molecule has 2 atom stereocenters. The largest absolute Gasteiger partial charge is 0.399 e. The van der Waals surface area contributed by atoms with Crippen LogP contribution in [-0.2, 0) is 4.74 Å².